The molecule has 14 heavy (non-hydrogen) atoms. The number of anilines is 1. The molecule has 4 nitrogen and oxygen atoms in total. The molecule has 0 aliphatic carbocycles. The van der Waals surface area contributed by atoms with Crippen molar-refractivity contribution in [2.45, 2.75) is 0 Å². The van der Waals surface area contributed by atoms with Crippen LogP contribution in [0, 0.1) is 4.91 Å². The largest absolute Gasteiger partial charge is 0.381 e. The zero-order chi connectivity index (χ0) is 9.97. The Bertz CT molecular complexity index is 424. The van der Waals surface area contributed by atoms with Crippen LogP contribution >= 0.6 is 0 Å². The minimum atomic E-state index is -0.709. The molecule has 1 heterocycles. The average molecular weight is 188 g/mol. The number of nitroso groups, excluding NO2 is 1. The predicted octanol–water partition coefficient (Wildman–Crippen LogP) is 1.79. The van der Waals surface area contributed by atoms with Crippen LogP contribution in [0.4, 0.5) is 5.69 Å². The smallest absolute Gasteiger partial charge is 0.317 e. The summed E-state index contributed by atoms with van der Waals surface area (Å²) >= 11 is 0. The first kappa shape index (κ1) is 8.62. The molecule has 0 aromatic heterocycles. The standard InChI is InChI=1S/C10H8N2O2/c13-10(12-14)8-5-6-11-9-4-2-1-3-7(8)9/h1-5,11H,6H2. The SMILES string of the molecule is O=NC(=O)C1=CCNc2ccccc21. The Balaban J connectivity index is 2.50. The monoisotopic (exact) mass is 188 g/mol. The molecule has 4 heteroatoms. The molecule has 1 aromatic carbocycles. The van der Waals surface area contributed by atoms with Crippen molar-refractivity contribution in [2.75, 3.05) is 11.9 Å². The summed E-state index contributed by atoms with van der Waals surface area (Å²) < 4.78 is 0. The number of hydrogen-bond donors (Lipinski definition) is 1. The number of rotatable bonds is 1. The summed E-state index contributed by atoms with van der Waals surface area (Å²) in [6.07, 6.45) is 1.67. The highest BCUT2D eigenvalue weighted by molar-refractivity contribution is 6.21. The van der Waals surface area contributed by atoms with Gasteiger partial charge in [-0.1, -0.05) is 24.3 Å². The second kappa shape index (κ2) is 3.41. The maximum Gasteiger partial charge on any atom is 0.317 e. The van der Waals surface area contributed by atoms with E-state index in [4.69, 9.17) is 0 Å². The van der Waals surface area contributed by atoms with E-state index in [0.717, 1.165) is 11.3 Å². The van der Waals surface area contributed by atoms with Crippen molar-refractivity contribution in [3.63, 3.8) is 0 Å². The quantitative estimate of drug-likeness (QED) is 0.683. The fraction of sp³-hybridized carbons (Fsp3) is 0.100. The van der Waals surface area contributed by atoms with Crippen LogP contribution in [-0.2, 0) is 4.79 Å². The number of nitrogens with zero attached hydrogens (tertiary/aromatic N) is 1. The van der Waals surface area contributed by atoms with Crippen molar-refractivity contribution >= 4 is 17.2 Å². The number of hydrogen-bond acceptors (Lipinski definition) is 3. The molecule has 1 amide bonds. The average Bonchev–Trinajstić information content (AvgIpc) is 2.27. The summed E-state index contributed by atoms with van der Waals surface area (Å²) in [5.74, 6) is -0.709. The van der Waals surface area contributed by atoms with E-state index in [0.29, 0.717) is 12.1 Å². The van der Waals surface area contributed by atoms with Crippen molar-refractivity contribution in [3.05, 3.63) is 40.8 Å². The zero-order valence-corrected chi connectivity index (χ0v) is 7.36. The maximum atomic E-state index is 11.2. The molecular formula is C10H8N2O2. The first-order chi connectivity index (χ1) is 6.83. The number of para-hydroxylation sites is 1. The lowest BCUT2D eigenvalue weighted by Gasteiger charge is -2.16. The lowest BCUT2D eigenvalue weighted by atomic mass is 10.0. The van der Waals surface area contributed by atoms with Crippen LogP contribution in [0.15, 0.2) is 35.5 Å². The van der Waals surface area contributed by atoms with Gasteiger partial charge in [0, 0.05) is 23.0 Å². The summed E-state index contributed by atoms with van der Waals surface area (Å²) in [5, 5.41) is 5.53. The second-order valence-electron chi connectivity index (χ2n) is 2.94. The minimum Gasteiger partial charge on any atom is -0.381 e. The Morgan fingerprint density at radius 1 is 1.36 bits per heavy atom. The van der Waals surface area contributed by atoms with Gasteiger partial charge < -0.3 is 5.32 Å². The fourth-order valence-corrected chi connectivity index (χ4v) is 1.50. The van der Waals surface area contributed by atoms with Gasteiger partial charge in [-0.25, -0.2) is 0 Å². The number of benzene rings is 1. The van der Waals surface area contributed by atoms with E-state index in [1.165, 1.54) is 0 Å². The van der Waals surface area contributed by atoms with E-state index in [1.807, 2.05) is 18.2 Å². The van der Waals surface area contributed by atoms with Crippen LogP contribution < -0.4 is 5.32 Å². The van der Waals surface area contributed by atoms with Crippen LogP contribution in [0.5, 0.6) is 0 Å². The third-order valence-corrected chi connectivity index (χ3v) is 2.13. The number of amides is 1. The molecule has 2 rings (SSSR count). The van der Waals surface area contributed by atoms with Crippen molar-refractivity contribution in [1.29, 1.82) is 0 Å². The van der Waals surface area contributed by atoms with Gasteiger partial charge >= 0.3 is 5.91 Å². The highest BCUT2D eigenvalue weighted by Gasteiger charge is 2.17. The summed E-state index contributed by atoms with van der Waals surface area (Å²) in [4.78, 5) is 21.3. The number of nitrogens with one attached hydrogen (secondary N) is 1. The number of fused-ring (bicyclic) bond motifs is 1. The highest BCUT2D eigenvalue weighted by Crippen LogP contribution is 2.27. The first-order valence-electron chi connectivity index (χ1n) is 4.24. The molecule has 0 bridgehead atoms. The summed E-state index contributed by atoms with van der Waals surface area (Å²) in [6, 6.07) is 7.34. The zero-order valence-electron chi connectivity index (χ0n) is 7.36. The van der Waals surface area contributed by atoms with Crippen LogP contribution in [-0.4, -0.2) is 12.5 Å². The third kappa shape index (κ3) is 1.31. The Morgan fingerprint density at radius 3 is 2.93 bits per heavy atom. The second-order valence-corrected chi connectivity index (χ2v) is 2.94. The molecule has 1 N–H and O–H groups in total. The van der Waals surface area contributed by atoms with Gasteiger partial charge in [0.05, 0.1) is 5.57 Å². The first-order valence-corrected chi connectivity index (χ1v) is 4.24. The fourth-order valence-electron chi connectivity index (χ4n) is 1.50. The number of carbonyl (C=O) groups is 1. The van der Waals surface area contributed by atoms with E-state index < -0.39 is 5.91 Å². The van der Waals surface area contributed by atoms with Gasteiger partial charge in [0.2, 0.25) is 0 Å². The lowest BCUT2D eigenvalue weighted by molar-refractivity contribution is -0.112. The van der Waals surface area contributed by atoms with Gasteiger partial charge in [-0.15, -0.1) is 4.91 Å². The molecule has 70 valence electrons. The Labute approximate surface area is 80.6 Å². The molecule has 0 saturated carbocycles. The van der Waals surface area contributed by atoms with Gasteiger partial charge in [0.1, 0.15) is 0 Å². The maximum absolute atomic E-state index is 11.2. The van der Waals surface area contributed by atoms with Crippen molar-refractivity contribution < 1.29 is 4.79 Å². The Morgan fingerprint density at radius 2 is 2.14 bits per heavy atom. The third-order valence-electron chi connectivity index (χ3n) is 2.13. The molecule has 1 aliphatic rings. The van der Waals surface area contributed by atoms with E-state index in [1.54, 1.807) is 12.1 Å². The molecule has 0 spiro atoms. The molecule has 1 aromatic rings. The highest BCUT2D eigenvalue weighted by atomic mass is 16.3. The lowest BCUT2D eigenvalue weighted by Crippen LogP contribution is -2.11. The van der Waals surface area contributed by atoms with E-state index >= 15 is 0 Å². The summed E-state index contributed by atoms with van der Waals surface area (Å²) in [6.45, 7) is 0.549. The number of carbonyl (C=O) groups excluding carboxylic acids is 1. The molecule has 0 radical (unpaired) electrons. The van der Waals surface area contributed by atoms with Gasteiger partial charge in [0.25, 0.3) is 0 Å². The normalized spacial score (nSPS) is 13.6. The Hall–Kier alpha value is -1.97. The summed E-state index contributed by atoms with van der Waals surface area (Å²) in [7, 11) is 0. The van der Waals surface area contributed by atoms with Crippen molar-refractivity contribution in [3.8, 4) is 0 Å². The summed E-state index contributed by atoms with van der Waals surface area (Å²) in [5.41, 5.74) is 1.99. The molecule has 0 fully saturated rings. The van der Waals surface area contributed by atoms with E-state index in [-0.39, 0.29) is 0 Å². The topological polar surface area (TPSA) is 58.5 Å². The molecule has 0 saturated heterocycles. The van der Waals surface area contributed by atoms with E-state index in [9.17, 15) is 9.70 Å². The molecular weight excluding hydrogens is 180 g/mol. The van der Waals surface area contributed by atoms with E-state index in [2.05, 4.69) is 10.5 Å². The van der Waals surface area contributed by atoms with Crippen LogP contribution in [0.2, 0.25) is 0 Å². The van der Waals surface area contributed by atoms with Crippen molar-refractivity contribution in [2.24, 2.45) is 5.18 Å². The molecule has 0 atom stereocenters. The minimum absolute atomic E-state index is 0.384. The predicted molar refractivity (Wildman–Crippen MR) is 53.7 cm³/mol. The van der Waals surface area contributed by atoms with Crippen molar-refractivity contribution in [1.82, 2.24) is 0 Å². The van der Waals surface area contributed by atoms with Gasteiger partial charge in [-0.3, -0.25) is 4.79 Å². The van der Waals surface area contributed by atoms with Gasteiger partial charge in [-0.2, -0.15) is 0 Å². The van der Waals surface area contributed by atoms with Crippen LogP contribution in [0.1, 0.15) is 5.56 Å². The van der Waals surface area contributed by atoms with Gasteiger partial charge in [-0.05, 0) is 6.07 Å². The van der Waals surface area contributed by atoms with Gasteiger partial charge in [0.15, 0.2) is 0 Å². The molecule has 1 aliphatic heterocycles. The molecule has 0 unspecified atom stereocenters. The Kier molecular flexibility index (Phi) is 2.10. The van der Waals surface area contributed by atoms with Crippen LogP contribution in [0.25, 0.3) is 5.57 Å². The van der Waals surface area contributed by atoms with Crippen LogP contribution in [0.3, 0.4) is 0 Å².